The second-order valence-electron chi connectivity index (χ2n) is 9.76. The molecule has 8 heteroatoms. The summed E-state index contributed by atoms with van der Waals surface area (Å²) >= 11 is 0. The highest BCUT2D eigenvalue weighted by Gasteiger charge is 2.46. The van der Waals surface area contributed by atoms with E-state index in [1.165, 1.54) is 4.90 Å². The van der Waals surface area contributed by atoms with E-state index in [1.807, 2.05) is 41.5 Å². The Kier molecular flexibility index (Phi) is 9.80. The summed E-state index contributed by atoms with van der Waals surface area (Å²) in [5.41, 5.74) is 1.91. The van der Waals surface area contributed by atoms with Crippen molar-refractivity contribution in [3.63, 3.8) is 0 Å². The van der Waals surface area contributed by atoms with E-state index in [-0.39, 0.29) is 30.1 Å². The third kappa shape index (κ3) is 6.48. The molecular formula is C30H39NO7. The minimum Gasteiger partial charge on any atom is -0.507 e. The van der Waals surface area contributed by atoms with Crippen LogP contribution in [0, 0.1) is 6.92 Å². The minimum atomic E-state index is -0.800. The zero-order valence-electron chi connectivity index (χ0n) is 23.4. The number of aryl methyl sites for hydroxylation is 1. The molecule has 1 amide bonds. The van der Waals surface area contributed by atoms with Crippen molar-refractivity contribution in [1.82, 2.24) is 4.90 Å². The topological polar surface area (TPSA) is 94.5 Å². The number of likely N-dealkylation sites (tertiary alicyclic amines) is 1. The van der Waals surface area contributed by atoms with E-state index in [0.29, 0.717) is 48.0 Å². The SMILES string of the molecule is CCOc1cc(C2/C(=C(/O)c3ccc(OC(C)C)c(C)c3)C(=O)C(=O)N2CCCOC(C)C)ccc1OC. The summed E-state index contributed by atoms with van der Waals surface area (Å²) in [5, 5.41) is 11.4. The molecule has 1 aliphatic rings. The van der Waals surface area contributed by atoms with Gasteiger partial charge in [0.25, 0.3) is 11.7 Å². The van der Waals surface area contributed by atoms with Crippen LogP contribution in [0.5, 0.6) is 17.2 Å². The van der Waals surface area contributed by atoms with Gasteiger partial charge in [0.1, 0.15) is 11.5 Å². The lowest BCUT2D eigenvalue weighted by atomic mass is 9.94. The van der Waals surface area contributed by atoms with E-state index in [1.54, 1.807) is 43.5 Å². The van der Waals surface area contributed by atoms with Gasteiger partial charge >= 0.3 is 0 Å². The molecule has 1 saturated heterocycles. The first-order chi connectivity index (χ1) is 18.1. The third-order valence-corrected chi connectivity index (χ3v) is 6.15. The first-order valence-electron chi connectivity index (χ1n) is 13.1. The predicted molar refractivity (Wildman–Crippen MR) is 146 cm³/mol. The monoisotopic (exact) mass is 525 g/mol. The number of aliphatic hydroxyl groups is 1. The molecule has 0 aliphatic carbocycles. The summed E-state index contributed by atoms with van der Waals surface area (Å²) in [5.74, 6) is 0.0940. The lowest BCUT2D eigenvalue weighted by Gasteiger charge is -2.26. The number of hydrogen-bond donors (Lipinski definition) is 1. The van der Waals surface area contributed by atoms with Gasteiger partial charge in [-0.25, -0.2) is 0 Å². The van der Waals surface area contributed by atoms with Crippen molar-refractivity contribution in [3.05, 3.63) is 58.7 Å². The highest BCUT2D eigenvalue weighted by Crippen LogP contribution is 2.42. The largest absolute Gasteiger partial charge is 0.507 e. The first-order valence-corrected chi connectivity index (χ1v) is 13.1. The molecule has 1 fully saturated rings. The van der Waals surface area contributed by atoms with Crippen LogP contribution < -0.4 is 14.2 Å². The van der Waals surface area contributed by atoms with Gasteiger partial charge in [-0.1, -0.05) is 6.07 Å². The number of ketones is 1. The number of ether oxygens (including phenoxy) is 4. The van der Waals surface area contributed by atoms with Gasteiger partial charge in [0, 0.05) is 18.7 Å². The van der Waals surface area contributed by atoms with Gasteiger partial charge in [-0.2, -0.15) is 0 Å². The normalized spacial score (nSPS) is 17.0. The molecule has 0 radical (unpaired) electrons. The molecule has 0 aromatic heterocycles. The second kappa shape index (κ2) is 12.8. The maximum atomic E-state index is 13.4. The Labute approximate surface area is 225 Å². The maximum Gasteiger partial charge on any atom is 0.295 e. The molecule has 1 N–H and O–H groups in total. The highest BCUT2D eigenvalue weighted by atomic mass is 16.5. The number of carbonyl (C=O) groups is 2. The number of amides is 1. The molecule has 206 valence electrons. The molecule has 38 heavy (non-hydrogen) atoms. The number of benzene rings is 2. The lowest BCUT2D eigenvalue weighted by molar-refractivity contribution is -0.140. The standard InChI is InChI=1S/C30H39NO7/c1-8-36-25-17-21(10-13-24(25)35-7)27-26(29(33)30(34)31(27)14-9-15-37-18(2)3)28(32)22-11-12-23(20(6)16-22)38-19(4)5/h10-13,16-19,27,32H,8-9,14-15H2,1-7H3/b28-26-. The molecule has 0 spiro atoms. The first kappa shape index (κ1) is 29.0. The summed E-state index contributed by atoms with van der Waals surface area (Å²) in [4.78, 5) is 28.1. The van der Waals surface area contributed by atoms with Crippen molar-refractivity contribution in [1.29, 1.82) is 0 Å². The molecule has 2 aromatic carbocycles. The van der Waals surface area contributed by atoms with Gasteiger partial charge in [0.05, 0.1) is 37.5 Å². The molecule has 1 heterocycles. The smallest absolute Gasteiger partial charge is 0.295 e. The van der Waals surface area contributed by atoms with Crippen LogP contribution in [0.15, 0.2) is 42.0 Å². The molecule has 1 unspecified atom stereocenters. The number of rotatable bonds is 12. The number of Topliss-reactive ketones (excluding diaryl/α,β-unsaturated/α-hetero) is 1. The van der Waals surface area contributed by atoms with E-state index >= 15 is 0 Å². The molecule has 1 aliphatic heterocycles. The van der Waals surface area contributed by atoms with Crippen molar-refractivity contribution in [3.8, 4) is 17.2 Å². The van der Waals surface area contributed by atoms with Crippen LogP contribution in [0.3, 0.4) is 0 Å². The molecule has 3 rings (SSSR count). The van der Waals surface area contributed by atoms with Crippen LogP contribution in [0.4, 0.5) is 0 Å². The van der Waals surface area contributed by atoms with Crippen molar-refractivity contribution < 1.29 is 33.6 Å². The molecule has 0 saturated carbocycles. The van der Waals surface area contributed by atoms with Gasteiger partial charge < -0.3 is 29.0 Å². The number of carbonyl (C=O) groups excluding carboxylic acids is 2. The zero-order chi connectivity index (χ0) is 28.0. The Bertz CT molecular complexity index is 1190. The van der Waals surface area contributed by atoms with E-state index in [9.17, 15) is 14.7 Å². The summed E-state index contributed by atoms with van der Waals surface area (Å²) in [6.45, 7) is 12.6. The fraction of sp³-hybridized carbons (Fsp3) is 0.467. The van der Waals surface area contributed by atoms with Crippen LogP contribution in [0.1, 0.15) is 63.8 Å². The van der Waals surface area contributed by atoms with Crippen LogP contribution in [0.25, 0.3) is 5.76 Å². The average molecular weight is 526 g/mol. The van der Waals surface area contributed by atoms with Gasteiger partial charge in [-0.15, -0.1) is 0 Å². The zero-order valence-corrected chi connectivity index (χ0v) is 23.4. The van der Waals surface area contributed by atoms with Gasteiger partial charge in [-0.05, 0) is 89.4 Å². The molecule has 0 bridgehead atoms. The summed E-state index contributed by atoms with van der Waals surface area (Å²) < 4.78 is 22.6. The number of methoxy groups -OCH3 is 1. The maximum absolute atomic E-state index is 13.4. The molecule has 2 aromatic rings. The molecular weight excluding hydrogens is 486 g/mol. The van der Waals surface area contributed by atoms with E-state index in [0.717, 1.165) is 5.56 Å². The van der Waals surface area contributed by atoms with Crippen LogP contribution in [0.2, 0.25) is 0 Å². The minimum absolute atomic E-state index is 0.00671. The Morgan fingerprint density at radius 2 is 1.71 bits per heavy atom. The Morgan fingerprint density at radius 1 is 1.00 bits per heavy atom. The number of aliphatic hydroxyl groups excluding tert-OH is 1. The Hall–Kier alpha value is -3.52. The second-order valence-corrected chi connectivity index (χ2v) is 9.76. The third-order valence-electron chi connectivity index (χ3n) is 6.15. The van der Waals surface area contributed by atoms with Crippen molar-refractivity contribution >= 4 is 17.4 Å². The van der Waals surface area contributed by atoms with Crippen molar-refractivity contribution in [2.45, 2.75) is 66.2 Å². The number of nitrogens with zero attached hydrogens (tertiary/aromatic N) is 1. The summed E-state index contributed by atoms with van der Waals surface area (Å²) in [7, 11) is 1.55. The summed E-state index contributed by atoms with van der Waals surface area (Å²) in [6.07, 6.45) is 0.589. The molecule has 1 atom stereocenters. The number of hydrogen-bond acceptors (Lipinski definition) is 7. The van der Waals surface area contributed by atoms with Gasteiger partial charge in [0.2, 0.25) is 0 Å². The fourth-order valence-corrected chi connectivity index (χ4v) is 4.48. The molecule has 8 nitrogen and oxygen atoms in total. The van der Waals surface area contributed by atoms with Crippen molar-refractivity contribution in [2.24, 2.45) is 0 Å². The quantitative estimate of drug-likeness (QED) is 0.171. The lowest BCUT2D eigenvalue weighted by Crippen LogP contribution is -2.31. The van der Waals surface area contributed by atoms with Crippen LogP contribution in [-0.2, 0) is 14.3 Å². The van der Waals surface area contributed by atoms with E-state index in [2.05, 4.69) is 0 Å². The average Bonchev–Trinajstić information content (AvgIpc) is 3.12. The van der Waals surface area contributed by atoms with E-state index < -0.39 is 17.7 Å². The van der Waals surface area contributed by atoms with Gasteiger partial charge in [0.15, 0.2) is 11.5 Å². The van der Waals surface area contributed by atoms with Crippen LogP contribution in [-0.4, -0.2) is 60.8 Å². The summed E-state index contributed by atoms with van der Waals surface area (Å²) in [6, 6.07) is 9.70. The van der Waals surface area contributed by atoms with Gasteiger partial charge in [-0.3, -0.25) is 9.59 Å². The van der Waals surface area contributed by atoms with Crippen LogP contribution >= 0.6 is 0 Å². The van der Waals surface area contributed by atoms with Crippen molar-refractivity contribution in [2.75, 3.05) is 26.9 Å². The highest BCUT2D eigenvalue weighted by molar-refractivity contribution is 6.46. The van der Waals surface area contributed by atoms with E-state index in [4.69, 9.17) is 18.9 Å². The Balaban J connectivity index is 2.11. The Morgan fingerprint density at radius 3 is 2.32 bits per heavy atom. The predicted octanol–water partition coefficient (Wildman–Crippen LogP) is 5.43. The fourth-order valence-electron chi connectivity index (χ4n) is 4.48.